The highest BCUT2D eigenvalue weighted by Gasteiger charge is 2.21. The molecule has 1 aromatic rings. The van der Waals surface area contributed by atoms with Crippen molar-refractivity contribution in [3.8, 4) is 0 Å². The lowest BCUT2D eigenvalue weighted by atomic mass is 10.2. The van der Waals surface area contributed by atoms with Crippen molar-refractivity contribution >= 4 is 23.1 Å². The second-order valence-electron chi connectivity index (χ2n) is 3.53. The molecule has 1 aliphatic carbocycles. The molecule has 0 atom stereocenters. The van der Waals surface area contributed by atoms with Gasteiger partial charge in [-0.3, -0.25) is 15.4 Å². The summed E-state index contributed by atoms with van der Waals surface area (Å²) in [4.78, 5) is 8.58. The van der Waals surface area contributed by atoms with Gasteiger partial charge in [-0.2, -0.15) is 5.10 Å². The van der Waals surface area contributed by atoms with E-state index in [0.717, 1.165) is 11.4 Å². The van der Waals surface area contributed by atoms with Crippen LogP contribution in [-0.2, 0) is 0 Å². The molecule has 0 saturated heterocycles. The zero-order chi connectivity index (χ0) is 11.2. The molecule has 0 bridgehead atoms. The number of nitrogens with zero attached hydrogens (tertiary/aromatic N) is 3. The monoisotopic (exact) mass is 234 g/mol. The van der Waals surface area contributed by atoms with E-state index in [0.29, 0.717) is 6.04 Å². The van der Waals surface area contributed by atoms with Gasteiger partial charge in [0.05, 0.1) is 11.6 Å². The zero-order valence-corrected chi connectivity index (χ0v) is 9.94. The van der Waals surface area contributed by atoms with Gasteiger partial charge >= 0.3 is 0 Å². The largest absolute Gasteiger partial charge is 0.265 e. The summed E-state index contributed by atoms with van der Waals surface area (Å²) >= 11 is 1.55. The van der Waals surface area contributed by atoms with Gasteiger partial charge in [0, 0.05) is 18.0 Å². The summed E-state index contributed by atoms with van der Waals surface area (Å²) < 4.78 is 0. The van der Waals surface area contributed by atoms with Crippen LogP contribution in [0, 0.1) is 0 Å². The Balaban J connectivity index is 2.11. The summed E-state index contributed by atoms with van der Waals surface area (Å²) in [6.45, 7) is 0. The number of aliphatic imine (C=N–C) groups is 1. The van der Waals surface area contributed by atoms with Crippen molar-refractivity contribution in [3.63, 3.8) is 0 Å². The van der Waals surface area contributed by atoms with E-state index in [1.54, 1.807) is 29.7 Å². The highest BCUT2D eigenvalue weighted by atomic mass is 32.2. The van der Waals surface area contributed by atoms with E-state index in [2.05, 4.69) is 20.5 Å². The maximum absolute atomic E-state index is 4.58. The van der Waals surface area contributed by atoms with Crippen LogP contribution in [0.3, 0.4) is 0 Å². The average molecular weight is 234 g/mol. The van der Waals surface area contributed by atoms with Crippen molar-refractivity contribution in [3.05, 3.63) is 30.1 Å². The fourth-order valence-electron chi connectivity index (χ4n) is 1.20. The molecule has 0 spiro atoms. The first kappa shape index (κ1) is 11.1. The summed E-state index contributed by atoms with van der Waals surface area (Å²) in [5.74, 6) is 0.829. The van der Waals surface area contributed by atoms with Crippen LogP contribution in [0.5, 0.6) is 0 Å². The maximum atomic E-state index is 4.58. The normalized spacial score (nSPS) is 16.7. The number of rotatable bonds is 4. The minimum absolute atomic E-state index is 0.472. The molecule has 0 aliphatic heterocycles. The summed E-state index contributed by atoms with van der Waals surface area (Å²) in [6, 6.07) is 4.34. The molecule has 84 valence electrons. The Labute approximate surface area is 99.3 Å². The second-order valence-corrected chi connectivity index (χ2v) is 4.21. The Morgan fingerprint density at radius 2 is 2.25 bits per heavy atom. The molecule has 0 radical (unpaired) electrons. The summed E-state index contributed by atoms with van der Waals surface area (Å²) in [6.07, 6.45) is 7.86. The van der Waals surface area contributed by atoms with E-state index in [9.17, 15) is 0 Å². The highest BCUT2D eigenvalue weighted by molar-refractivity contribution is 8.11. The van der Waals surface area contributed by atoms with E-state index < -0.39 is 0 Å². The van der Waals surface area contributed by atoms with Gasteiger partial charge in [-0.1, -0.05) is 0 Å². The van der Waals surface area contributed by atoms with Gasteiger partial charge in [-0.05, 0) is 31.2 Å². The van der Waals surface area contributed by atoms with Crippen molar-refractivity contribution < 1.29 is 0 Å². The molecule has 16 heavy (non-hydrogen) atoms. The molecule has 1 aromatic heterocycles. The molecule has 0 aromatic carbocycles. The van der Waals surface area contributed by atoms with E-state index in [1.807, 2.05) is 18.4 Å². The topological polar surface area (TPSA) is 49.6 Å². The average Bonchev–Trinajstić information content (AvgIpc) is 3.13. The lowest BCUT2D eigenvalue weighted by Crippen LogP contribution is -2.19. The third-order valence-corrected chi connectivity index (χ3v) is 2.46. The summed E-state index contributed by atoms with van der Waals surface area (Å²) in [7, 11) is 0. The van der Waals surface area contributed by atoms with Gasteiger partial charge in [-0.25, -0.2) is 0 Å². The van der Waals surface area contributed by atoms with Crippen molar-refractivity contribution in [1.82, 2.24) is 10.4 Å². The fraction of sp³-hybridized carbons (Fsp3) is 0.364. The Hall–Kier alpha value is -1.36. The van der Waals surface area contributed by atoms with Crippen LogP contribution in [-0.4, -0.2) is 28.7 Å². The van der Waals surface area contributed by atoms with Crippen LogP contribution < -0.4 is 5.43 Å². The van der Waals surface area contributed by atoms with Crippen LogP contribution in [0.15, 0.2) is 34.6 Å². The van der Waals surface area contributed by atoms with Crippen LogP contribution in [0.2, 0.25) is 0 Å². The fourth-order valence-corrected chi connectivity index (χ4v) is 1.36. The maximum Gasteiger partial charge on any atom is 0.149 e. The molecule has 0 amide bonds. The molecular weight excluding hydrogens is 220 g/mol. The lowest BCUT2D eigenvalue weighted by molar-refractivity contribution is 0.977. The lowest BCUT2D eigenvalue weighted by Gasteiger charge is -2.04. The van der Waals surface area contributed by atoms with Crippen LogP contribution in [0.25, 0.3) is 0 Å². The SMILES string of the molecule is CS/C=N/NC(=NC1CC1)c1ccncc1. The van der Waals surface area contributed by atoms with E-state index in [1.165, 1.54) is 12.8 Å². The molecule has 1 aliphatic rings. The van der Waals surface area contributed by atoms with E-state index in [4.69, 9.17) is 0 Å². The van der Waals surface area contributed by atoms with Crippen molar-refractivity contribution in [2.45, 2.75) is 18.9 Å². The Morgan fingerprint density at radius 1 is 1.50 bits per heavy atom. The first-order valence-corrected chi connectivity index (χ1v) is 6.47. The van der Waals surface area contributed by atoms with Crippen LogP contribution in [0.1, 0.15) is 18.4 Å². The quantitative estimate of drug-likeness (QED) is 0.491. The summed E-state index contributed by atoms with van der Waals surface area (Å²) in [5, 5.41) is 4.08. The molecule has 4 nitrogen and oxygen atoms in total. The second kappa shape index (κ2) is 5.65. The highest BCUT2D eigenvalue weighted by Crippen LogP contribution is 2.24. The Bertz CT molecular complexity index is 384. The number of nitrogens with one attached hydrogen (secondary N) is 1. The van der Waals surface area contributed by atoms with Gasteiger partial charge in [0.1, 0.15) is 5.84 Å². The Kier molecular flexibility index (Phi) is 3.93. The number of hydrogen-bond donors (Lipinski definition) is 1. The Morgan fingerprint density at radius 3 is 2.88 bits per heavy atom. The first-order chi connectivity index (χ1) is 7.90. The van der Waals surface area contributed by atoms with Gasteiger partial charge in [0.15, 0.2) is 0 Å². The first-order valence-electron chi connectivity index (χ1n) is 5.18. The molecule has 5 heteroatoms. The third kappa shape index (κ3) is 3.34. The number of hydrazone groups is 1. The molecular formula is C11H14N4S. The van der Waals surface area contributed by atoms with E-state index >= 15 is 0 Å². The van der Waals surface area contributed by atoms with Crippen molar-refractivity contribution in [1.29, 1.82) is 0 Å². The summed E-state index contributed by atoms with van der Waals surface area (Å²) in [5.41, 5.74) is 5.76. The molecule has 0 unspecified atom stereocenters. The molecule has 1 fully saturated rings. The molecule has 1 N–H and O–H groups in total. The molecule has 1 heterocycles. The minimum Gasteiger partial charge on any atom is -0.265 e. The number of pyridine rings is 1. The number of hydrogen-bond acceptors (Lipinski definition) is 4. The van der Waals surface area contributed by atoms with Crippen LogP contribution in [0.4, 0.5) is 0 Å². The molecule has 2 rings (SSSR count). The van der Waals surface area contributed by atoms with Crippen molar-refractivity contribution in [2.24, 2.45) is 10.1 Å². The van der Waals surface area contributed by atoms with E-state index in [-0.39, 0.29) is 0 Å². The van der Waals surface area contributed by atoms with Gasteiger partial charge in [-0.15, -0.1) is 11.8 Å². The minimum atomic E-state index is 0.472. The van der Waals surface area contributed by atoms with Gasteiger partial charge in [0.2, 0.25) is 0 Å². The number of thioether (sulfide) groups is 1. The standard InChI is InChI=1S/C11H14N4S/c1-16-8-13-15-11(14-10-2-3-10)9-4-6-12-7-5-9/h4-8,10H,2-3H2,1H3,(H,14,15)/b13-8+. The smallest absolute Gasteiger partial charge is 0.149 e. The van der Waals surface area contributed by atoms with Crippen LogP contribution >= 0.6 is 11.8 Å². The predicted octanol–water partition coefficient (Wildman–Crippen LogP) is 1.89. The molecule has 1 saturated carbocycles. The van der Waals surface area contributed by atoms with Gasteiger partial charge < -0.3 is 0 Å². The predicted molar refractivity (Wildman–Crippen MR) is 68.9 cm³/mol. The van der Waals surface area contributed by atoms with Crippen molar-refractivity contribution in [2.75, 3.05) is 6.26 Å². The zero-order valence-electron chi connectivity index (χ0n) is 9.13. The number of aromatic nitrogens is 1. The number of amidine groups is 1. The third-order valence-electron chi connectivity index (χ3n) is 2.14. The van der Waals surface area contributed by atoms with Gasteiger partial charge in [0.25, 0.3) is 0 Å².